The zero-order valence-corrected chi connectivity index (χ0v) is 10.6. The van der Waals surface area contributed by atoms with Gasteiger partial charge < -0.3 is 15.8 Å². The molecule has 0 saturated heterocycles. The van der Waals surface area contributed by atoms with E-state index in [1.807, 2.05) is 0 Å². The van der Waals surface area contributed by atoms with Crippen LogP contribution in [0.25, 0.3) is 0 Å². The highest BCUT2D eigenvalue weighted by Crippen LogP contribution is 2.22. The monoisotopic (exact) mass is 256 g/mol. The zero-order valence-electron chi connectivity index (χ0n) is 9.83. The van der Waals surface area contributed by atoms with Crippen LogP contribution in [0, 0.1) is 0 Å². The third kappa shape index (κ3) is 4.63. The van der Waals surface area contributed by atoms with Gasteiger partial charge in [0.05, 0.1) is 10.6 Å². The first-order chi connectivity index (χ1) is 8.15. The van der Waals surface area contributed by atoms with Gasteiger partial charge in [-0.05, 0) is 31.2 Å². The Morgan fingerprint density at radius 1 is 1.47 bits per heavy atom. The quantitative estimate of drug-likeness (QED) is 0.732. The Labute approximate surface area is 106 Å². The van der Waals surface area contributed by atoms with E-state index in [1.54, 1.807) is 18.2 Å². The van der Waals surface area contributed by atoms with E-state index in [2.05, 4.69) is 12.2 Å². The molecule has 0 aromatic heterocycles. The number of ether oxygens (including phenoxy) is 1. The summed E-state index contributed by atoms with van der Waals surface area (Å²) in [5.41, 5.74) is 5.45. The average Bonchev–Trinajstić information content (AvgIpc) is 2.28. The lowest BCUT2D eigenvalue weighted by atomic mass is 10.2. The molecule has 0 bridgehead atoms. The first kappa shape index (κ1) is 13.8. The van der Waals surface area contributed by atoms with E-state index in [4.69, 9.17) is 22.1 Å². The van der Waals surface area contributed by atoms with Gasteiger partial charge in [0.1, 0.15) is 12.4 Å². The van der Waals surface area contributed by atoms with Crippen molar-refractivity contribution in [3.05, 3.63) is 28.8 Å². The van der Waals surface area contributed by atoms with Crippen molar-refractivity contribution in [3.63, 3.8) is 0 Å². The van der Waals surface area contributed by atoms with E-state index in [9.17, 15) is 4.79 Å². The number of nitrogens with one attached hydrogen (secondary N) is 1. The number of benzene rings is 1. The van der Waals surface area contributed by atoms with E-state index in [1.165, 1.54) is 0 Å². The summed E-state index contributed by atoms with van der Waals surface area (Å²) in [7, 11) is 0. The molecule has 0 unspecified atom stereocenters. The number of nitrogens with two attached hydrogens (primary N) is 1. The third-order valence-corrected chi connectivity index (χ3v) is 2.49. The number of carbonyl (C=O) groups excluding carboxylic acids is 1. The second-order valence-corrected chi connectivity index (χ2v) is 4.01. The molecule has 0 spiro atoms. The number of halogens is 1. The Kier molecular flexibility index (Phi) is 5.80. The van der Waals surface area contributed by atoms with E-state index < -0.39 is 5.91 Å². The van der Waals surface area contributed by atoms with Crippen LogP contribution in [-0.4, -0.2) is 25.6 Å². The SMILES string of the molecule is CCCNCCOc1ccc(C(N)=O)c(Cl)c1. The van der Waals surface area contributed by atoms with Crippen molar-refractivity contribution in [1.82, 2.24) is 5.32 Å². The minimum atomic E-state index is -0.536. The van der Waals surface area contributed by atoms with Crippen molar-refractivity contribution in [1.29, 1.82) is 0 Å². The summed E-state index contributed by atoms with van der Waals surface area (Å²) >= 11 is 5.89. The van der Waals surface area contributed by atoms with Crippen LogP contribution >= 0.6 is 11.6 Å². The molecule has 3 N–H and O–H groups in total. The lowest BCUT2D eigenvalue weighted by Gasteiger charge is -2.08. The van der Waals surface area contributed by atoms with Gasteiger partial charge in [-0.2, -0.15) is 0 Å². The fraction of sp³-hybridized carbons (Fsp3) is 0.417. The number of hydrogen-bond acceptors (Lipinski definition) is 3. The Morgan fingerprint density at radius 3 is 2.82 bits per heavy atom. The van der Waals surface area contributed by atoms with Gasteiger partial charge in [0.2, 0.25) is 5.91 Å². The number of carbonyl (C=O) groups is 1. The summed E-state index contributed by atoms with van der Waals surface area (Å²) < 4.78 is 5.47. The maximum absolute atomic E-state index is 11.0. The largest absolute Gasteiger partial charge is 0.492 e. The van der Waals surface area contributed by atoms with E-state index >= 15 is 0 Å². The smallest absolute Gasteiger partial charge is 0.250 e. The van der Waals surface area contributed by atoms with Gasteiger partial charge >= 0.3 is 0 Å². The predicted octanol–water partition coefficient (Wildman–Crippen LogP) is 1.82. The van der Waals surface area contributed by atoms with Crippen molar-refractivity contribution in [2.24, 2.45) is 5.73 Å². The minimum absolute atomic E-state index is 0.308. The second-order valence-electron chi connectivity index (χ2n) is 3.60. The Balaban J connectivity index is 2.45. The lowest BCUT2D eigenvalue weighted by molar-refractivity contribution is 0.100. The predicted molar refractivity (Wildman–Crippen MR) is 68.6 cm³/mol. The van der Waals surface area contributed by atoms with Crippen LogP contribution in [0.4, 0.5) is 0 Å². The van der Waals surface area contributed by atoms with Gasteiger partial charge in [-0.15, -0.1) is 0 Å². The zero-order chi connectivity index (χ0) is 12.7. The molecule has 0 heterocycles. The van der Waals surface area contributed by atoms with Crippen LogP contribution in [0.3, 0.4) is 0 Å². The highest BCUT2D eigenvalue weighted by molar-refractivity contribution is 6.33. The van der Waals surface area contributed by atoms with Crippen LogP contribution in [0.1, 0.15) is 23.7 Å². The standard InChI is InChI=1S/C12H17ClN2O2/c1-2-5-15-6-7-17-9-3-4-10(12(14)16)11(13)8-9/h3-4,8,15H,2,5-7H2,1H3,(H2,14,16). The van der Waals surface area contributed by atoms with Gasteiger partial charge in [0, 0.05) is 6.54 Å². The molecule has 5 heteroatoms. The Hall–Kier alpha value is -1.26. The van der Waals surface area contributed by atoms with Crippen LogP contribution in [0.2, 0.25) is 5.02 Å². The van der Waals surface area contributed by atoms with E-state index in [-0.39, 0.29) is 0 Å². The molecule has 1 aromatic carbocycles. The van der Waals surface area contributed by atoms with Crippen LogP contribution in [0.15, 0.2) is 18.2 Å². The molecular formula is C12H17ClN2O2. The maximum atomic E-state index is 11.0. The Morgan fingerprint density at radius 2 is 2.24 bits per heavy atom. The molecule has 0 aliphatic carbocycles. The summed E-state index contributed by atoms with van der Waals surface area (Å²) in [6, 6.07) is 4.85. The van der Waals surface area contributed by atoms with Crippen LogP contribution in [0.5, 0.6) is 5.75 Å². The molecule has 0 radical (unpaired) electrons. The first-order valence-corrected chi connectivity index (χ1v) is 5.95. The van der Waals surface area contributed by atoms with Gasteiger partial charge in [0.25, 0.3) is 0 Å². The average molecular weight is 257 g/mol. The summed E-state index contributed by atoms with van der Waals surface area (Å²) in [4.78, 5) is 11.0. The molecule has 0 saturated carbocycles. The van der Waals surface area contributed by atoms with Crippen LogP contribution < -0.4 is 15.8 Å². The molecule has 1 rings (SSSR count). The van der Waals surface area contributed by atoms with Crippen molar-refractivity contribution in [2.45, 2.75) is 13.3 Å². The number of hydrogen-bond donors (Lipinski definition) is 2. The fourth-order valence-electron chi connectivity index (χ4n) is 1.33. The molecule has 0 aliphatic heterocycles. The maximum Gasteiger partial charge on any atom is 0.250 e. The van der Waals surface area contributed by atoms with Gasteiger partial charge in [-0.3, -0.25) is 4.79 Å². The number of amides is 1. The molecule has 1 amide bonds. The number of primary amides is 1. The third-order valence-electron chi connectivity index (χ3n) is 2.18. The minimum Gasteiger partial charge on any atom is -0.492 e. The molecule has 1 aromatic rings. The van der Waals surface area contributed by atoms with Gasteiger partial charge in [0.15, 0.2) is 0 Å². The van der Waals surface area contributed by atoms with Crippen molar-refractivity contribution in [2.75, 3.05) is 19.7 Å². The molecular weight excluding hydrogens is 240 g/mol. The second kappa shape index (κ2) is 7.14. The summed E-state index contributed by atoms with van der Waals surface area (Å²) in [6.45, 7) is 4.43. The number of rotatable bonds is 7. The van der Waals surface area contributed by atoms with Gasteiger partial charge in [-0.25, -0.2) is 0 Å². The topological polar surface area (TPSA) is 64.3 Å². The highest BCUT2D eigenvalue weighted by Gasteiger charge is 2.07. The van der Waals surface area contributed by atoms with E-state index in [0.717, 1.165) is 19.5 Å². The van der Waals surface area contributed by atoms with Crippen molar-refractivity contribution < 1.29 is 9.53 Å². The van der Waals surface area contributed by atoms with Gasteiger partial charge in [-0.1, -0.05) is 18.5 Å². The molecule has 0 aliphatic rings. The molecule has 94 valence electrons. The summed E-state index contributed by atoms with van der Waals surface area (Å²) in [6.07, 6.45) is 1.10. The highest BCUT2D eigenvalue weighted by atomic mass is 35.5. The Bertz CT molecular complexity index is 383. The fourth-order valence-corrected chi connectivity index (χ4v) is 1.59. The summed E-state index contributed by atoms with van der Waals surface area (Å²) in [5.74, 6) is 0.101. The molecule has 0 fully saturated rings. The molecule has 17 heavy (non-hydrogen) atoms. The van der Waals surface area contributed by atoms with E-state index in [0.29, 0.717) is 22.9 Å². The van der Waals surface area contributed by atoms with Crippen LogP contribution in [-0.2, 0) is 0 Å². The first-order valence-electron chi connectivity index (χ1n) is 5.58. The normalized spacial score (nSPS) is 10.2. The lowest BCUT2D eigenvalue weighted by Crippen LogP contribution is -2.21. The molecule has 0 atom stereocenters. The molecule has 4 nitrogen and oxygen atoms in total. The van der Waals surface area contributed by atoms with Crippen molar-refractivity contribution in [3.8, 4) is 5.75 Å². The summed E-state index contributed by atoms with van der Waals surface area (Å²) in [5, 5.41) is 3.53. The van der Waals surface area contributed by atoms with Crippen molar-refractivity contribution >= 4 is 17.5 Å².